The maximum atomic E-state index is 5.49. The molecule has 14 heavy (non-hydrogen) atoms. The van der Waals surface area contributed by atoms with Crippen LogP contribution in [0, 0.1) is 0 Å². The molecule has 1 aromatic rings. The molecule has 0 saturated carbocycles. The summed E-state index contributed by atoms with van der Waals surface area (Å²) >= 11 is 1.99. The summed E-state index contributed by atoms with van der Waals surface area (Å²) in [5.41, 5.74) is 5.49. The van der Waals surface area contributed by atoms with Gasteiger partial charge in [-0.1, -0.05) is 6.92 Å². The van der Waals surface area contributed by atoms with Gasteiger partial charge in [-0.2, -0.15) is 16.7 Å². The van der Waals surface area contributed by atoms with Gasteiger partial charge in [0.05, 0.1) is 0 Å². The van der Waals surface area contributed by atoms with Crippen LogP contribution in [-0.4, -0.2) is 27.0 Å². The fraction of sp³-hybridized carbons (Fsp3) is 0.556. The summed E-state index contributed by atoms with van der Waals surface area (Å²) in [5.74, 6) is 2.30. The van der Waals surface area contributed by atoms with E-state index in [9.17, 15) is 0 Å². The lowest BCUT2D eigenvalue weighted by Crippen LogP contribution is -2.20. The van der Waals surface area contributed by atoms with Gasteiger partial charge in [-0.25, -0.2) is 4.98 Å². The normalized spacial score (nSPS) is 26.4. The number of hydrogen-bond acceptors (Lipinski definition) is 5. The number of anilines is 2. The first-order valence-electron chi connectivity index (χ1n) is 4.70. The van der Waals surface area contributed by atoms with E-state index in [1.165, 1.54) is 6.42 Å². The molecule has 0 bridgehead atoms. The molecule has 0 radical (unpaired) electrons. The summed E-state index contributed by atoms with van der Waals surface area (Å²) in [5, 5.41) is 4.10. The molecule has 0 aliphatic carbocycles. The lowest BCUT2D eigenvalue weighted by molar-refractivity contribution is 0.743. The van der Waals surface area contributed by atoms with Crippen molar-refractivity contribution in [2.24, 2.45) is 0 Å². The molecule has 1 fully saturated rings. The van der Waals surface area contributed by atoms with Crippen molar-refractivity contribution in [1.29, 1.82) is 0 Å². The highest BCUT2D eigenvalue weighted by molar-refractivity contribution is 8.00. The highest BCUT2D eigenvalue weighted by Gasteiger charge is 2.21. The van der Waals surface area contributed by atoms with E-state index in [0.717, 1.165) is 16.8 Å². The standard InChI is InChI=1S/C9H14N4S/c1-6-4-7(5-14-6)12-8-2-3-11-9(10)13-8/h2-3,6-7H,4-5H2,1H3,(H3,10,11,12,13). The van der Waals surface area contributed by atoms with E-state index in [4.69, 9.17) is 5.73 Å². The predicted octanol–water partition coefficient (Wildman–Crippen LogP) is 1.36. The highest BCUT2D eigenvalue weighted by atomic mass is 32.2. The van der Waals surface area contributed by atoms with Crippen molar-refractivity contribution in [3.8, 4) is 0 Å². The van der Waals surface area contributed by atoms with Gasteiger partial charge in [-0.3, -0.25) is 0 Å². The van der Waals surface area contributed by atoms with Gasteiger partial charge in [0.15, 0.2) is 0 Å². The van der Waals surface area contributed by atoms with Gasteiger partial charge < -0.3 is 11.1 Å². The van der Waals surface area contributed by atoms with E-state index in [1.807, 2.05) is 17.8 Å². The second kappa shape index (κ2) is 4.04. The number of thioether (sulfide) groups is 1. The van der Waals surface area contributed by atoms with Gasteiger partial charge in [0.25, 0.3) is 0 Å². The van der Waals surface area contributed by atoms with Crippen LogP contribution < -0.4 is 11.1 Å². The Kier molecular flexibility index (Phi) is 2.77. The monoisotopic (exact) mass is 210 g/mol. The van der Waals surface area contributed by atoms with Gasteiger partial charge in [-0.15, -0.1) is 0 Å². The van der Waals surface area contributed by atoms with Crippen LogP contribution >= 0.6 is 11.8 Å². The predicted molar refractivity (Wildman–Crippen MR) is 60.4 cm³/mol. The summed E-state index contributed by atoms with van der Waals surface area (Å²) in [6.45, 7) is 2.25. The van der Waals surface area contributed by atoms with Crippen molar-refractivity contribution in [2.45, 2.75) is 24.6 Å². The van der Waals surface area contributed by atoms with Crippen LogP contribution in [0.3, 0.4) is 0 Å². The Morgan fingerprint density at radius 1 is 1.64 bits per heavy atom. The Hall–Kier alpha value is -0.970. The number of hydrogen-bond donors (Lipinski definition) is 2. The van der Waals surface area contributed by atoms with Crippen molar-refractivity contribution in [3.05, 3.63) is 12.3 Å². The number of aromatic nitrogens is 2. The second-order valence-electron chi connectivity index (χ2n) is 3.52. The van der Waals surface area contributed by atoms with Gasteiger partial charge in [-0.05, 0) is 12.5 Å². The number of rotatable bonds is 2. The molecular formula is C9H14N4S. The zero-order chi connectivity index (χ0) is 9.97. The highest BCUT2D eigenvalue weighted by Crippen LogP contribution is 2.27. The quantitative estimate of drug-likeness (QED) is 0.771. The SMILES string of the molecule is CC1CC(Nc2ccnc(N)n2)CS1. The van der Waals surface area contributed by atoms with Gasteiger partial charge >= 0.3 is 0 Å². The number of nitrogen functional groups attached to an aromatic ring is 1. The smallest absolute Gasteiger partial charge is 0.221 e. The molecule has 76 valence electrons. The first-order valence-corrected chi connectivity index (χ1v) is 5.75. The molecule has 2 rings (SSSR count). The summed E-state index contributed by atoms with van der Waals surface area (Å²) in [6.07, 6.45) is 2.87. The van der Waals surface area contributed by atoms with Crippen LogP contribution in [0.15, 0.2) is 12.3 Å². The fourth-order valence-electron chi connectivity index (χ4n) is 1.58. The second-order valence-corrected chi connectivity index (χ2v) is 4.99. The molecule has 1 aromatic heterocycles. The molecule has 3 N–H and O–H groups in total. The zero-order valence-electron chi connectivity index (χ0n) is 8.10. The molecule has 2 unspecified atom stereocenters. The van der Waals surface area contributed by atoms with Crippen molar-refractivity contribution in [2.75, 3.05) is 16.8 Å². The maximum absolute atomic E-state index is 5.49. The Morgan fingerprint density at radius 3 is 3.14 bits per heavy atom. The van der Waals surface area contributed by atoms with Crippen LogP contribution in [0.4, 0.5) is 11.8 Å². The molecular weight excluding hydrogens is 196 g/mol. The average Bonchev–Trinajstić information content (AvgIpc) is 2.51. The molecule has 1 aliphatic rings. The molecule has 0 aromatic carbocycles. The lowest BCUT2D eigenvalue weighted by Gasteiger charge is -2.11. The third kappa shape index (κ3) is 2.29. The Morgan fingerprint density at radius 2 is 2.50 bits per heavy atom. The van der Waals surface area contributed by atoms with Crippen LogP contribution in [0.25, 0.3) is 0 Å². The van der Waals surface area contributed by atoms with Crippen LogP contribution in [0.2, 0.25) is 0 Å². The van der Waals surface area contributed by atoms with Crippen LogP contribution in [0.5, 0.6) is 0 Å². The van der Waals surface area contributed by atoms with E-state index in [2.05, 4.69) is 22.2 Å². The minimum absolute atomic E-state index is 0.327. The first kappa shape index (κ1) is 9.58. The number of nitrogens with one attached hydrogen (secondary N) is 1. The molecule has 0 amide bonds. The van der Waals surface area contributed by atoms with Crippen molar-refractivity contribution in [1.82, 2.24) is 9.97 Å². The fourth-order valence-corrected chi connectivity index (χ4v) is 2.73. The summed E-state index contributed by atoms with van der Waals surface area (Å²) < 4.78 is 0. The molecule has 1 saturated heterocycles. The zero-order valence-corrected chi connectivity index (χ0v) is 8.92. The van der Waals surface area contributed by atoms with Gasteiger partial charge in [0, 0.05) is 23.2 Å². The van der Waals surface area contributed by atoms with Crippen molar-refractivity contribution < 1.29 is 0 Å². The van der Waals surface area contributed by atoms with Crippen molar-refractivity contribution >= 4 is 23.5 Å². The number of nitrogens with two attached hydrogens (primary N) is 1. The van der Waals surface area contributed by atoms with E-state index >= 15 is 0 Å². The van der Waals surface area contributed by atoms with Crippen LogP contribution in [-0.2, 0) is 0 Å². The molecule has 4 nitrogen and oxygen atoms in total. The van der Waals surface area contributed by atoms with E-state index in [-0.39, 0.29) is 0 Å². The lowest BCUT2D eigenvalue weighted by atomic mass is 10.2. The van der Waals surface area contributed by atoms with Crippen LogP contribution in [0.1, 0.15) is 13.3 Å². The number of nitrogens with zero attached hydrogens (tertiary/aromatic N) is 2. The first-order chi connectivity index (χ1) is 6.74. The third-order valence-electron chi connectivity index (χ3n) is 2.22. The molecule has 1 aliphatic heterocycles. The van der Waals surface area contributed by atoms with E-state index < -0.39 is 0 Å². The summed E-state index contributed by atoms with van der Waals surface area (Å²) in [6, 6.07) is 2.37. The van der Waals surface area contributed by atoms with Gasteiger partial charge in [0.1, 0.15) is 5.82 Å². The Labute approximate surface area is 87.7 Å². The maximum Gasteiger partial charge on any atom is 0.221 e. The molecule has 0 spiro atoms. The Bertz CT molecular complexity index is 317. The van der Waals surface area contributed by atoms with Gasteiger partial charge in [0.2, 0.25) is 5.95 Å². The van der Waals surface area contributed by atoms with E-state index in [1.54, 1.807) is 6.20 Å². The largest absolute Gasteiger partial charge is 0.368 e. The molecule has 5 heteroatoms. The minimum Gasteiger partial charge on any atom is -0.368 e. The molecule has 2 heterocycles. The van der Waals surface area contributed by atoms with E-state index in [0.29, 0.717) is 12.0 Å². The Balaban J connectivity index is 1.97. The summed E-state index contributed by atoms with van der Waals surface area (Å²) in [7, 11) is 0. The average molecular weight is 210 g/mol. The van der Waals surface area contributed by atoms with Crippen molar-refractivity contribution in [3.63, 3.8) is 0 Å². The third-order valence-corrected chi connectivity index (χ3v) is 3.58. The summed E-state index contributed by atoms with van der Waals surface area (Å²) in [4.78, 5) is 7.96. The minimum atomic E-state index is 0.327. The topological polar surface area (TPSA) is 63.8 Å². The molecule has 2 atom stereocenters.